The Bertz CT molecular complexity index is 715. The summed E-state index contributed by atoms with van der Waals surface area (Å²) in [5.41, 5.74) is 3.70. The molecule has 0 aliphatic heterocycles. The van der Waals surface area contributed by atoms with Gasteiger partial charge < -0.3 is 4.43 Å². The van der Waals surface area contributed by atoms with Gasteiger partial charge in [0.15, 0.2) is 5.78 Å². The maximum absolute atomic E-state index is 12.9. The van der Waals surface area contributed by atoms with Crippen molar-refractivity contribution in [2.45, 2.75) is 44.6 Å². The van der Waals surface area contributed by atoms with Crippen molar-refractivity contribution in [1.29, 1.82) is 0 Å². The molecule has 0 atom stereocenters. The quantitative estimate of drug-likeness (QED) is 0.375. The van der Waals surface area contributed by atoms with Gasteiger partial charge in [0, 0.05) is 10.9 Å². The molecule has 0 amide bonds. The molecule has 0 aromatic heterocycles. The fourth-order valence-electron chi connectivity index (χ4n) is 2.43. The van der Waals surface area contributed by atoms with E-state index in [2.05, 4.69) is 49.8 Å². The van der Waals surface area contributed by atoms with E-state index in [1.54, 1.807) is 0 Å². The van der Waals surface area contributed by atoms with Crippen LogP contribution < -0.4 is 4.43 Å². The first kappa shape index (κ1) is 18.9. The van der Waals surface area contributed by atoms with E-state index in [4.69, 9.17) is 4.43 Å². The van der Waals surface area contributed by atoms with Crippen molar-refractivity contribution in [2.24, 2.45) is 0 Å². The smallest absolute Gasteiger partial charge is 0.229 e. The third-order valence-electron chi connectivity index (χ3n) is 3.83. The van der Waals surface area contributed by atoms with Gasteiger partial charge in [0.05, 0.1) is 5.56 Å². The summed E-state index contributed by atoms with van der Waals surface area (Å²) in [6, 6.07) is 13.7. The summed E-state index contributed by atoms with van der Waals surface area (Å²) in [5, 5.41) is 0.787. The van der Waals surface area contributed by atoms with Gasteiger partial charge in [-0.2, -0.15) is 0 Å². The van der Waals surface area contributed by atoms with Gasteiger partial charge >= 0.3 is 0 Å². The van der Waals surface area contributed by atoms with Crippen LogP contribution in [-0.4, -0.2) is 14.8 Å². The van der Waals surface area contributed by atoms with E-state index in [1.807, 2.05) is 42.5 Å². The molecule has 0 saturated carbocycles. The highest BCUT2D eigenvalue weighted by molar-refractivity contribution is 9.08. The van der Waals surface area contributed by atoms with Crippen molar-refractivity contribution < 1.29 is 9.22 Å². The summed E-state index contributed by atoms with van der Waals surface area (Å²) >= 11 is 3.43. The van der Waals surface area contributed by atoms with Gasteiger partial charge in [-0.3, -0.25) is 4.79 Å². The minimum absolute atomic E-state index is 0.0150. The minimum atomic E-state index is -1.31. The SMILES string of the molecule is C[SiH](C)Oc1cc(C(C)(C)C)ccc1C(=O)c1ccc(CBr)cc1. The van der Waals surface area contributed by atoms with Crippen LogP contribution in [0.3, 0.4) is 0 Å². The summed E-state index contributed by atoms with van der Waals surface area (Å²) in [6.07, 6.45) is 0. The Morgan fingerprint density at radius 2 is 1.71 bits per heavy atom. The zero-order valence-electron chi connectivity index (χ0n) is 15.0. The third kappa shape index (κ3) is 4.58. The number of benzene rings is 2. The van der Waals surface area contributed by atoms with Crippen LogP contribution in [0, 0.1) is 0 Å². The van der Waals surface area contributed by atoms with Crippen LogP contribution in [-0.2, 0) is 10.7 Å². The van der Waals surface area contributed by atoms with Crippen LogP contribution in [0.5, 0.6) is 5.75 Å². The van der Waals surface area contributed by atoms with E-state index in [0.717, 1.165) is 16.6 Å². The molecule has 0 saturated heterocycles. The number of rotatable bonds is 5. The first-order valence-corrected chi connectivity index (χ1v) is 12.1. The molecule has 128 valence electrons. The lowest BCUT2D eigenvalue weighted by atomic mass is 9.86. The molecule has 0 fully saturated rings. The lowest BCUT2D eigenvalue weighted by Gasteiger charge is -2.22. The maximum atomic E-state index is 12.9. The van der Waals surface area contributed by atoms with Crippen LogP contribution in [0.15, 0.2) is 42.5 Å². The van der Waals surface area contributed by atoms with Crippen molar-refractivity contribution >= 4 is 30.8 Å². The third-order valence-corrected chi connectivity index (χ3v) is 5.20. The molecule has 2 aromatic rings. The molecule has 0 bridgehead atoms. The van der Waals surface area contributed by atoms with E-state index in [0.29, 0.717) is 11.1 Å². The Balaban J connectivity index is 2.44. The van der Waals surface area contributed by atoms with Crippen LogP contribution in [0.25, 0.3) is 0 Å². The standard InChI is InChI=1S/C20H25BrO2Si/c1-20(2,3)16-10-11-17(18(12-16)23-24(4)5)19(22)15-8-6-14(13-21)7-9-15/h6-12,24H,13H2,1-5H3. The van der Waals surface area contributed by atoms with Crippen molar-refractivity contribution in [3.05, 3.63) is 64.7 Å². The maximum Gasteiger partial charge on any atom is 0.229 e. The molecule has 0 radical (unpaired) electrons. The van der Waals surface area contributed by atoms with E-state index >= 15 is 0 Å². The highest BCUT2D eigenvalue weighted by atomic mass is 79.9. The molecule has 2 aromatic carbocycles. The van der Waals surface area contributed by atoms with Gasteiger partial charge in [-0.25, -0.2) is 0 Å². The minimum Gasteiger partial charge on any atom is -0.546 e. The molecule has 0 N–H and O–H groups in total. The lowest BCUT2D eigenvalue weighted by molar-refractivity contribution is 0.103. The highest BCUT2D eigenvalue weighted by Gasteiger charge is 2.20. The molecule has 0 aliphatic rings. The number of carbonyl (C=O) groups excluding carboxylic acids is 1. The Labute approximate surface area is 155 Å². The Morgan fingerprint density at radius 1 is 1.08 bits per heavy atom. The van der Waals surface area contributed by atoms with Gasteiger partial charge in [-0.1, -0.05) is 67.0 Å². The second-order valence-electron chi connectivity index (χ2n) is 7.29. The molecule has 2 rings (SSSR count). The summed E-state index contributed by atoms with van der Waals surface area (Å²) in [7, 11) is -1.31. The molecule has 0 aliphatic carbocycles. The van der Waals surface area contributed by atoms with Gasteiger partial charge in [-0.15, -0.1) is 0 Å². The van der Waals surface area contributed by atoms with Crippen molar-refractivity contribution in [3.8, 4) is 5.75 Å². The van der Waals surface area contributed by atoms with Crippen molar-refractivity contribution in [3.63, 3.8) is 0 Å². The molecular formula is C20H25BrO2Si. The number of hydrogen-bond acceptors (Lipinski definition) is 2. The topological polar surface area (TPSA) is 26.3 Å². The predicted octanol–water partition coefficient (Wildman–Crippen LogP) is 5.47. The van der Waals surface area contributed by atoms with Crippen LogP contribution in [0.1, 0.15) is 47.8 Å². The van der Waals surface area contributed by atoms with Crippen molar-refractivity contribution in [1.82, 2.24) is 0 Å². The fourth-order valence-corrected chi connectivity index (χ4v) is 3.51. The summed E-state index contributed by atoms with van der Waals surface area (Å²) in [6.45, 7) is 10.7. The average Bonchev–Trinajstić information content (AvgIpc) is 2.53. The Kier molecular flexibility index (Phi) is 6.05. The molecule has 4 heteroatoms. The molecule has 0 spiro atoms. The normalized spacial score (nSPS) is 11.6. The lowest BCUT2D eigenvalue weighted by Crippen LogP contribution is -2.17. The molecule has 0 heterocycles. The fraction of sp³-hybridized carbons (Fsp3) is 0.350. The summed E-state index contributed by atoms with van der Waals surface area (Å²) in [5.74, 6) is 0.736. The van der Waals surface area contributed by atoms with Gasteiger partial charge in [0.1, 0.15) is 5.75 Å². The number of hydrogen-bond donors (Lipinski definition) is 0. The first-order valence-electron chi connectivity index (χ1n) is 8.23. The number of ketones is 1. The average molecular weight is 405 g/mol. The Hall–Kier alpha value is -1.39. The van der Waals surface area contributed by atoms with E-state index in [1.165, 1.54) is 5.56 Å². The van der Waals surface area contributed by atoms with Crippen molar-refractivity contribution in [2.75, 3.05) is 0 Å². The number of alkyl halides is 1. The molecule has 2 nitrogen and oxygen atoms in total. The largest absolute Gasteiger partial charge is 0.546 e. The second kappa shape index (κ2) is 7.66. The van der Waals surface area contributed by atoms with Crippen LogP contribution in [0.4, 0.5) is 0 Å². The zero-order chi connectivity index (χ0) is 17.9. The summed E-state index contributed by atoms with van der Waals surface area (Å²) < 4.78 is 6.08. The monoisotopic (exact) mass is 404 g/mol. The van der Waals surface area contributed by atoms with E-state index in [9.17, 15) is 4.79 Å². The molecule has 0 unspecified atom stereocenters. The number of halogens is 1. The highest BCUT2D eigenvalue weighted by Crippen LogP contribution is 2.30. The second-order valence-corrected chi connectivity index (χ2v) is 10.2. The predicted molar refractivity (Wildman–Crippen MR) is 107 cm³/mol. The van der Waals surface area contributed by atoms with E-state index < -0.39 is 9.04 Å². The van der Waals surface area contributed by atoms with Gasteiger partial charge in [-0.05, 0) is 41.8 Å². The Morgan fingerprint density at radius 3 is 2.21 bits per heavy atom. The zero-order valence-corrected chi connectivity index (χ0v) is 17.8. The summed E-state index contributed by atoms with van der Waals surface area (Å²) in [4.78, 5) is 12.9. The van der Waals surface area contributed by atoms with Crippen LogP contribution >= 0.6 is 15.9 Å². The van der Waals surface area contributed by atoms with Gasteiger partial charge in [0.2, 0.25) is 9.04 Å². The number of carbonyl (C=O) groups is 1. The molecule has 24 heavy (non-hydrogen) atoms. The van der Waals surface area contributed by atoms with Gasteiger partial charge in [0.25, 0.3) is 0 Å². The first-order chi connectivity index (χ1) is 11.2. The van der Waals surface area contributed by atoms with E-state index in [-0.39, 0.29) is 11.2 Å². The van der Waals surface area contributed by atoms with Crippen LogP contribution in [0.2, 0.25) is 13.1 Å². The molecular weight excluding hydrogens is 380 g/mol.